The van der Waals surface area contributed by atoms with Crippen LogP contribution in [0.5, 0.6) is 0 Å². The van der Waals surface area contributed by atoms with E-state index in [1.807, 2.05) is 4.98 Å². The molecule has 1 aromatic heterocycles. The molecule has 0 bridgehead atoms. The number of aromatic amines is 1. The summed E-state index contributed by atoms with van der Waals surface area (Å²) in [5.74, 6) is 0. The molecule has 4 atom stereocenters. The number of aliphatic hydroxyl groups excluding tert-OH is 2. The molecular weight excluding hydrogens is 244 g/mol. The molecule has 1 aliphatic heterocycles. The van der Waals surface area contributed by atoms with Gasteiger partial charge in [0.25, 0.3) is 5.56 Å². The summed E-state index contributed by atoms with van der Waals surface area (Å²) < 4.78 is 6.19. The Hall–Kier alpha value is -1.48. The van der Waals surface area contributed by atoms with Crippen molar-refractivity contribution in [3.63, 3.8) is 0 Å². The quantitative estimate of drug-likeness (QED) is 0.466. The third-order valence-corrected chi connectivity index (χ3v) is 3.12. The van der Waals surface area contributed by atoms with E-state index in [4.69, 9.17) is 9.84 Å². The zero-order valence-electron chi connectivity index (χ0n) is 9.61. The second-order valence-electron chi connectivity index (χ2n) is 4.39. The molecule has 1 aliphatic rings. The molecule has 0 aliphatic carbocycles. The van der Waals surface area contributed by atoms with Gasteiger partial charge in [-0.3, -0.25) is 14.3 Å². The van der Waals surface area contributed by atoms with Crippen LogP contribution in [0.3, 0.4) is 0 Å². The van der Waals surface area contributed by atoms with Crippen molar-refractivity contribution in [3.05, 3.63) is 33.1 Å². The van der Waals surface area contributed by atoms with Gasteiger partial charge in [-0.25, -0.2) is 4.79 Å². The first-order valence-corrected chi connectivity index (χ1v) is 5.36. The van der Waals surface area contributed by atoms with Crippen molar-refractivity contribution >= 4 is 0 Å². The van der Waals surface area contributed by atoms with E-state index in [1.54, 1.807) is 0 Å². The number of aliphatic hydroxyl groups is 3. The highest BCUT2D eigenvalue weighted by Gasteiger charge is 2.52. The minimum atomic E-state index is -1.69. The molecule has 0 aromatic carbocycles. The van der Waals surface area contributed by atoms with Gasteiger partial charge in [0.1, 0.15) is 17.8 Å². The van der Waals surface area contributed by atoms with Gasteiger partial charge in [-0.2, -0.15) is 0 Å². The monoisotopic (exact) mass is 258 g/mol. The fourth-order valence-corrected chi connectivity index (χ4v) is 1.93. The highest BCUT2D eigenvalue weighted by Crippen LogP contribution is 2.35. The highest BCUT2D eigenvalue weighted by atomic mass is 16.6. The van der Waals surface area contributed by atoms with E-state index in [2.05, 4.69) is 0 Å². The second kappa shape index (κ2) is 4.32. The number of hydrogen-bond donors (Lipinski definition) is 4. The molecule has 0 saturated carbocycles. The Morgan fingerprint density at radius 1 is 1.56 bits per heavy atom. The summed E-state index contributed by atoms with van der Waals surface area (Å²) in [7, 11) is 0. The molecule has 8 nitrogen and oxygen atoms in total. The predicted octanol–water partition coefficient (Wildman–Crippen LogP) is -2.46. The van der Waals surface area contributed by atoms with Crippen molar-refractivity contribution in [2.45, 2.75) is 31.0 Å². The summed E-state index contributed by atoms with van der Waals surface area (Å²) in [4.78, 5) is 24.5. The van der Waals surface area contributed by atoms with Crippen LogP contribution in [-0.2, 0) is 4.74 Å². The van der Waals surface area contributed by atoms with Crippen LogP contribution in [0.2, 0.25) is 0 Å². The Balaban J connectivity index is 2.41. The van der Waals surface area contributed by atoms with Crippen molar-refractivity contribution in [1.82, 2.24) is 9.55 Å². The summed E-state index contributed by atoms with van der Waals surface area (Å²) in [6.45, 7) is 0.800. The zero-order valence-corrected chi connectivity index (χ0v) is 9.61. The third kappa shape index (κ3) is 1.89. The Bertz CT molecular complexity index is 548. The maximum Gasteiger partial charge on any atom is 0.330 e. The normalized spacial score (nSPS) is 35.9. The standard InChI is InChI=1S/C10H14N2O6/c1-10(17)5(4-13)18-8(7(10)15)12-3-2-6(14)11-9(12)16/h2-3,5,7-8,13,15,17H,4H2,1H3,(H,11,14,16)/t5-,7?,8-,10-/m1/s1. The van der Waals surface area contributed by atoms with Crippen molar-refractivity contribution in [2.75, 3.05) is 6.61 Å². The van der Waals surface area contributed by atoms with E-state index in [0.29, 0.717) is 0 Å². The van der Waals surface area contributed by atoms with Crippen LogP contribution in [0.15, 0.2) is 21.9 Å². The van der Waals surface area contributed by atoms with E-state index in [-0.39, 0.29) is 0 Å². The molecule has 2 rings (SSSR count). The number of nitrogens with one attached hydrogen (secondary N) is 1. The van der Waals surface area contributed by atoms with E-state index >= 15 is 0 Å². The lowest BCUT2D eigenvalue weighted by atomic mass is 9.95. The van der Waals surface area contributed by atoms with Gasteiger partial charge in [0.2, 0.25) is 0 Å². The van der Waals surface area contributed by atoms with Gasteiger partial charge in [-0.1, -0.05) is 0 Å². The molecule has 1 saturated heterocycles. The molecule has 100 valence electrons. The van der Waals surface area contributed by atoms with Gasteiger partial charge in [-0.05, 0) is 6.92 Å². The van der Waals surface area contributed by atoms with Gasteiger partial charge in [0, 0.05) is 12.3 Å². The number of hydrogen-bond acceptors (Lipinski definition) is 6. The molecule has 0 amide bonds. The van der Waals surface area contributed by atoms with Crippen LogP contribution in [-0.4, -0.2) is 49.3 Å². The average molecular weight is 258 g/mol. The van der Waals surface area contributed by atoms with Crippen LogP contribution < -0.4 is 11.2 Å². The number of aromatic nitrogens is 2. The van der Waals surface area contributed by atoms with Crippen molar-refractivity contribution in [2.24, 2.45) is 0 Å². The first-order valence-electron chi connectivity index (χ1n) is 5.36. The van der Waals surface area contributed by atoms with Gasteiger partial charge in [0.15, 0.2) is 6.23 Å². The minimum Gasteiger partial charge on any atom is -0.394 e. The molecule has 8 heteroatoms. The lowest BCUT2D eigenvalue weighted by Gasteiger charge is -2.25. The van der Waals surface area contributed by atoms with Crippen molar-refractivity contribution in [1.29, 1.82) is 0 Å². The fourth-order valence-electron chi connectivity index (χ4n) is 1.93. The Morgan fingerprint density at radius 3 is 2.72 bits per heavy atom. The number of rotatable bonds is 2. The topological polar surface area (TPSA) is 125 Å². The third-order valence-electron chi connectivity index (χ3n) is 3.12. The van der Waals surface area contributed by atoms with Crippen LogP contribution in [0.1, 0.15) is 13.2 Å². The molecule has 0 radical (unpaired) electrons. The second-order valence-corrected chi connectivity index (χ2v) is 4.39. The molecular formula is C10H14N2O6. The predicted molar refractivity (Wildman–Crippen MR) is 58.9 cm³/mol. The summed E-state index contributed by atoms with van der Waals surface area (Å²) in [6.07, 6.45) is -2.43. The van der Waals surface area contributed by atoms with E-state index in [9.17, 15) is 19.8 Å². The van der Waals surface area contributed by atoms with E-state index in [0.717, 1.165) is 16.8 Å². The maximum atomic E-state index is 11.6. The average Bonchev–Trinajstić information content (AvgIpc) is 2.52. The van der Waals surface area contributed by atoms with Crippen LogP contribution in [0.4, 0.5) is 0 Å². The Labute approximate surface area is 101 Å². The van der Waals surface area contributed by atoms with Crippen LogP contribution in [0, 0.1) is 0 Å². The van der Waals surface area contributed by atoms with Gasteiger partial charge in [-0.15, -0.1) is 0 Å². The lowest BCUT2D eigenvalue weighted by molar-refractivity contribution is -0.0807. The Morgan fingerprint density at radius 2 is 2.22 bits per heavy atom. The molecule has 0 spiro atoms. The van der Waals surface area contributed by atoms with Gasteiger partial charge >= 0.3 is 5.69 Å². The first-order chi connectivity index (χ1) is 8.37. The molecule has 18 heavy (non-hydrogen) atoms. The zero-order chi connectivity index (χ0) is 13.5. The van der Waals surface area contributed by atoms with E-state index in [1.165, 1.54) is 6.92 Å². The van der Waals surface area contributed by atoms with Gasteiger partial charge in [0.05, 0.1) is 6.61 Å². The smallest absolute Gasteiger partial charge is 0.330 e. The number of ether oxygens (including phenoxy) is 1. The van der Waals surface area contributed by atoms with Crippen molar-refractivity contribution in [3.8, 4) is 0 Å². The summed E-state index contributed by atoms with van der Waals surface area (Å²) in [6, 6.07) is 1.10. The number of nitrogens with zero attached hydrogens (tertiary/aromatic N) is 1. The summed E-state index contributed by atoms with van der Waals surface area (Å²) in [5.41, 5.74) is -3.02. The first kappa shape index (κ1) is 13.0. The fraction of sp³-hybridized carbons (Fsp3) is 0.600. The van der Waals surface area contributed by atoms with E-state index < -0.39 is 41.9 Å². The summed E-state index contributed by atoms with van der Waals surface area (Å²) in [5, 5.41) is 29.0. The van der Waals surface area contributed by atoms with Crippen LogP contribution >= 0.6 is 0 Å². The molecule has 1 unspecified atom stereocenters. The van der Waals surface area contributed by atoms with Gasteiger partial charge < -0.3 is 20.1 Å². The molecule has 1 aromatic rings. The molecule has 2 heterocycles. The Kier molecular flexibility index (Phi) is 3.11. The summed E-state index contributed by atoms with van der Waals surface area (Å²) >= 11 is 0. The lowest BCUT2D eigenvalue weighted by Crippen LogP contribution is -2.46. The minimum absolute atomic E-state index is 0.501. The van der Waals surface area contributed by atoms with Crippen molar-refractivity contribution < 1.29 is 20.1 Å². The largest absolute Gasteiger partial charge is 0.394 e. The highest BCUT2D eigenvalue weighted by molar-refractivity contribution is 5.00. The SMILES string of the molecule is C[C@]1(O)C(O)[C@H](n2ccc(=O)[nH]c2=O)O[C@@H]1CO. The molecule has 4 N–H and O–H groups in total. The number of H-pyrrole nitrogens is 1. The van der Waals surface area contributed by atoms with Crippen LogP contribution in [0.25, 0.3) is 0 Å². The maximum absolute atomic E-state index is 11.6. The molecule has 1 fully saturated rings.